The topological polar surface area (TPSA) is 80.9 Å². The summed E-state index contributed by atoms with van der Waals surface area (Å²) < 4.78 is 16.9. The average Bonchev–Trinajstić information content (AvgIpc) is 3.35. The van der Waals surface area contributed by atoms with Crippen LogP contribution in [0.25, 0.3) is 11.5 Å². The Bertz CT molecular complexity index is 1030. The van der Waals surface area contributed by atoms with Gasteiger partial charge >= 0.3 is 0 Å². The van der Waals surface area contributed by atoms with Crippen molar-refractivity contribution in [2.45, 2.75) is 31.7 Å². The van der Waals surface area contributed by atoms with Crippen molar-refractivity contribution < 1.29 is 13.9 Å². The van der Waals surface area contributed by atoms with Gasteiger partial charge in [-0.3, -0.25) is 4.99 Å². The number of benzene rings is 2. The third-order valence-corrected chi connectivity index (χ3v) is 6.05. The van der Waals surface area contributed by atoms with Gasteiger partial charge in [-0.1, -0.05) is 30.3 Å². The number of aromatic nitrogens is 1. The number of hydrogen-bond acceptors (Lipinski definition) is 5. The van der Waals surface area contributed by atoms with Gasteiger partial charge in [-0.15, -0.1) is 0 Å². The maximum absolute atomic E-state index is 5.67. The van der Waals surface area contributed by atoms with E-state index in [0.717, 1.165) is 55.6 Å². The highest BCUT2D eigenvalue weighted by Gasteiger charge is 2.34. The first-order chi connectivity index (χ1) is 16.2. The molecule has 33 heavy (non-hydrogen) atoms. The van der Waals surface area contributed by atoms with E-state index in [-0.39, 0.29) is 5.41 Å². The Labute approximate surface area is 195 Å². The van der Waals surface area contributed by atoms with E-state index in [0.29, 0.717) is 19.0 Å². The van der Waals surface area contributed by atoms with Gasteiger partial charge in [-0.05, 0) is 49.6 Å². The summed E-state index contributed by atoms with van der Waals surface area (Å²) in [5.74, 6) is 2.25. The van der Waals surface area contributed by atoms with Crippen LogP contribution in [0.4, 0.5) is 0 Å². The highest BCUT2D eigenvalue weighted by Crippen LogP contribution is 2.35. The molecule has 1 saturated heterocycles. The predicted octanol–water partition coefficient (Wildman–Crippen LogP) is 4.15. The van der Waals surface area contributed by atoms with E-state index in [1.165, 1.54) is 5.56 Å². The lowest BCUT2D eigenvalue weighted by molar-refractivity contribution is 0.0513. The SMILES string of the molecule is CCOc1ccc(C2(CNC(=NC)NCc3coc(-c4ccccc4)n3)CCOCC2)cc1. The number of hydrogen-bond donors (Lipinski definition) is 2. The van der Waals surface area contributed by atoms with Gasteiger partial charge in [0.25, 0.3) is 0 Å². The summed E-state index contributed by atoms with van der Waals surface area (Å²) >= 11 is 0. The number of rotatable bonds is 8. The zero-order valence-corrected chi connectivity index (χ0v) is 19.3. The van der Waals surface area contributed by atoms with Crippen LogP contribution in [0.5, 0.6) is 5.75 Å². The monoisotopic (exact) mass is 448 g/mol. The Morgan fingerprint density at radius 1 is 1.06 bits per heavy atom. The second-order valence-corrected chi connectivity index (χ2v) is 8.14. The van der Waals surface area contributed by atoms with Crippen molar-refractivity contribution in [2.24, 2.45) is 4.99 Å². The molecule has 0 aliphatic carbocycles. The first kappa shape index (κ1) is 22.9. The number of nitrogens with one attached hydrogen (secondary N) is 2. The molecule has 7 nitrogen and oxygen atoms in total. The molecule has 1 aromatic heterocycles. The van der Waals surface area contributed by atoms with Crippen molar-refractivity contribution in [3.05, 3.63) is 72.1 Å². The summed E-state index contributed by atoms with van der Waals surface area (Å²) in [6.07, 6.45) is 3.59. The molecule has 0 radical (unpaired) electrons. The molecule has 0 unspecified atom stereocenters. The van der Waals surface area contributed by atoms with Gasteiger partial charge in [0.15, 0.2) is 5.96 Å². The number of aliphatic imine (C=N–C) groups is 1. The minimum atomic E-state index is -0.0189. The number of guanidine groups is 1. The molecule has 2 heterocycles. The summed E-state index contributed by atoms with van der Waals surface area (Å²) in [6, 6.07) is 18.3. The van der Waals surface area contributed by atoms with E-state index in [2.05, 4.69) is 44.9 Å². The molecule has 1 aliphatic rings. The zero-order valence-electron chi connectivity index (χ0n) is 19.3. The quantitative estimate of drug-likeness (QED) is 0.398. The molecule has 7 heteroatoms. The summed E-state index contributed by atoms with van der Waals surface area (Å²) in [7, 11) is 1.78. The van der Waals surface area contributed by atoms with Gasteiger partial charge in [-0.2, -0.15) is 0 Å². The normalized spacial score (nSPS) is 15.8. The van der Waals surface area contributed by atoms with Crippen molar-refractivity contribution in [3.8, 4) is 17.2 Å². The Morgan fingerprint density at radius 3 is 2.52 bits per heavy atom. The van der Waals surface area contributed by atoms with Gasteiger partial charge in [0, 0.05) is 37.8 Å². The van der Waals surface area contributed by atoms with Crippen LogP contribution >= 0.6 is 0 Å². The van der Waals surface area contributed by atoms with Gasteiger partial charge in [0.1, 0.15) is 12.0 Å². The molecule has 2 N–H and O–H groups in total. The minimum absolute atomic E-state index is 0.0189. The molecule has 1 fully saturated rings. The van der Waals surface area contributed by atoms with Gasteiger partial charge in [0.2, 0.25) is 5.89 Å². The van der Waals surface area contributed by atoms with Crippen LogP contribution in [0.15, 0.2) is 70.3 Å². The zero-order chi connectivity index (χ0) is 22.9. The van der Waals surface area contributed by atoms with Gasteiger partial charge in [0.05, 0.1) is 18.8 Å². The molecule has 174 valence electrons. The lowest BCUT2D eigenvalue weighted by Gasteiger charge is -2.38. The fourth-order valence-corrected chi connectivity index (χ4v) is 4.15. The minimum Gasteiger partial charge on any atom is -0.494 e. The molecule has 4 rings (SSSR count). The van der Waals surface area contributed by atoms with Crippen LogP contribution in [0.3, 0.4) is 0 Å². The van der Waals surface area contributed by atoms with Crippen molar-refractivity contribution in [1.82, 2.24) is 15.6 Å². The fraction of sp³-hybridized carbons (Fsp3) is 0.385. The fourth-order valence-electron chi connectivity index (χ4n) is 4.15. The molecular weight excluding hydrogens is 416 g/mol. The number of ether oxygens (including phenoxy) is 2. The first-order valence-electron chi connectivity index (χ1n) is 11.5. The second kappa shape index (κ2) is 11.0. The van der Waals surface area contributed by atoms with Crippen LogP contribution in [0.1, 0.15) is 31.0 Å². The highest BCUT2D eigenvalue weighted by molar-refractivity contribution is 5.79. The Kier molecular flexibility index (Phi) is 7.62. The smallest absolute Gasteiger partial charge is 0.226 e. The second-order valence-electron chi connectivity index (χ2n) is 8.14. The maximum Gasteiger partial charge on any atom is 0.226 e. The van der Waals surface area contributed by atoms with E-state index in [4.69, 9.17) is 13.9 Å². The molecule has 0 spiro atoms. The molecule has 3 aromatic rings. The standard InChI is InChI=1S/C26H32N4O3/c1-3-32-23-11-9-21(10-12-23)26(13-15-31-16-14-26)19-29-25(27-2)28-17-22-18-33-24(30-22)20-7-5-4-6-8-20/h4-12,18H,3,13-17,19H2,1-2H3,(H2,27,28,29). The van der Waals surface area contributed by atoms with E-state index >= 15 is 0 Å². The van der Waals surface area contributed by atoms with Crippen LogP contribution in [-0.4, -0.2) is 44.4 Å². The summed E-state index contributed by atoms with van der Waals surface area (Å²) in [5.41, 5.74) is 3.06. The highest BCUT2D eigenvalue weighted by atomic mass is 16.5. The largest absolute Gasteiger partial charge is 0.494 e. The molecule has 0 bridgehead atoms. The average molecular weight is 449 g/mol. The molecule has 2 aromatic carbocycles. The molecular formula is C26H32N4O3. The van der Waals surface area contributed by atoms with E-state index in [1.54, 1.807) is 13.3 Å². The van der Waals surface area contributed by atoms with Crippen molar-refractivity contribution in [3.63, 3.8) is 0 Å². The van der Waals surface area contributed by atoms with Crippen molar-refractivity contribution in [1.29, 1.82) is 0 Å². The first-order valence-corrected chi connectivity index (χ1v) is 11.5. The molecule has 0 amide bonds. The molecule has 0 saturated carbocycles. The predicted molar refractivity (Wildman–Crippen MR) is 129 cm³/mol. The summed E-state index contributed by atoms with van der Waals surface area (Å²) in [6.45, 7) is 5.45. The summed E-state index contributed by atoms with van der Waals surface area (Å²) in [5, 5.41) is 6.87. The van der Waals surface area contributed by atoms with Crippen LogP contribution in [0, 0.1) is 0 Å². The van der Waals surface area contributed by atoms with Gasteiger partial charge < -0.3 is 24.5 Å². The van der Waals surface area contributed by atoms with Crippen LogP contribution < -0.4 is 15.4 Å². The Morgan fingerprint density at radius 2 is 1.82 bits per heavy atom. The lowest BCUT2D eigenvalue weighted by atomic mass is 9.74. The van der Waals surface area contributed by atoms with Crippen LogP contribution in [-0.2, 0) is 16.7 Å². The Hall–Kier alpha value is -3.32. The number of nitrogens with zero attached hydrogens (tertiary/aromatic N) is 2. The van der Waals surface area contributed by atoms with E-state index < -0.39 is 0 Å². The van der Waals surface area contributed by atoms with Gasteiger partial charge in [-0.25, -0.2) is 4.98 Å². The molecule has 0 atom stereocenters. The van der Waals surface area contributed by atoms with Crippen molar-refractivity contribution >= 4 is 5.96 Å². The van der Waals surface area contributed by atoms with Crippen LogP contribution in [0.2, 0.25) is 0 Å². The third-order valence-electron chi connectivity index (χ3n) is 6.05. The van der Waals surface area contributed by atoms with E-state index in [9.17, 15) is 0 Å². The third kappa shape index (κ3) is 5.73. The van der Waals surface area contributed by atoms with Crippen molar-refractivity contribution in [2.75, 3.05) is 33.4 Å². The maximum atomic E-state index is 5.67. The Balaban J connectivity index is 1.38. The lowest BCUT2D eigenvalue weighted by Crippen LogP contribution is -2.47. The molecule has 1 aliphatic heterocycles. The number of oxazole rings is 1. The summed E-state index contributed by atoms with van der Waals surface area (Å²) in [4.78, 5) is 8.98. The van der Waals surface area contributed by atoms with E-state index in [1.807, 2.05) is 37.3 Å².